The van der Waals surface area contributed by atoms with Crippen LogP contribution >= 0.6 is 0 Å². The van der Waals surface area contributed by atoms with Gasteiger partial charge in [-0.15, -0.1) is 0 Å². The fraction of sp³-hybridized carbons (Fsp3) is 0.611. The van der Waals surface area contributed by atoms with Gasteiger partial charge in [0.15, 0.2) is 5.78 Å². The van der Waals surface area contributed by atoms with Crippen LogP contribution in [0.5, 0.6) is 5.75 Å². The van der Waals surface area contributed by atoms with E-state index in [1.807, 2.05) is 38.1 Å². The van der Waals surface area contributed by atoms with Crippen LogP contribution in [0.4, 0.5) is 0 Å². The van der Waals surface area contributed by atoms with E-state index in [9.17, 15) is 4.79 Å². The number of hydrogen-bond acceptors (Lipinski definition) is 3. The first-order valence-corrected chi connectivity index (χ1v) is 8.13. The summed E-state index contributed by atoms with van der Waals surface area (Å²) in [7, 11) is 0. The molecule has 3 heteroatoms. The molecule has 1 unspecified atom stereocenters. The van der Waals surface area contributed by atoms with Gasteiger partial charge < -0.3 is 4.74 Å². The van der Waals surface area contributed by atoms with Crippen LogP contribution in [-0.4, -0.2) is 36.4 Å². The van der Waals surface area contributed by atoms with Crippen LogP contribution in [0.2, 0.25) is 0 Å². The second kappa shape index (κ2) is 7.60. The average molecular weight is 289 g/mol. The van der Waals surface area contributed by atoms with Gasteiger partial charge in [-0.05, 0) is 56.6 Å². The third-order valence-electron chi connectivity index (χ3n) is 3.97. The Morgan fingerprint density at radius 2 is 2.05 bits per heavy atom. The molecular formula is C18H27NO2. The Morgan fingerprint density at radius 1 is 1.33 bits per heavy atom. The minimum atomic E-state index is 0.0396. The van der Waals surface area contributed by atoms with E-state index in [1.54, 1.807) is 0 Å². The molecule has 0 amide bonds. The van der Waals surface area contributed by atoms with Gasteiger partial charge in [-0.3, -0.25) is 9.69 Å². The van der Waals surface area contributed by atoms with E-state index in [0.717, 1.165) is 30.8 Å². The summed E-state index contributed by atoms with van der Waals surface area (Å²) in [5.41, 5.74) is 0.772. The summed E-state index contributed by atoms with van der Waals surface area (Å²) >= 11 is 0. The van der Waals surface area contributed by atoms with Crippen molar-refractivity contribution < 1.29 is 9.53 Å². The fourth-order valence-electron chi connectivity index (χ4n) is 2.85. The second-order valence-electron chi connectivity index (χ2n) is 6.23. The van der Waals surface area contributed by atoms with Gasteiger partial charge >= 0.3 is 0 Å². The molecular weight excluding hydrogens is 262 g/mol. The quantitative estimate of drug-likeness (QED) is 0.746. The van der Waals surface area contributed by atoms with Crippen LogP contribution in [0, 0.1) is 5.92 Å². The summed E-state index contributed by atoms with van der Waals surface area (Å²) in [5.74, 6) is 1.10. The number of piperidine rings is 1. The van der Waals surface area contributed by atoms with E-state index in [0.29, 0.717) is 0 Å². The highest BCUT2D eigenvalue weighted by Crippen LogP contribution is 2.20. The summed E-state index contributed by atoms with van der Waals surface area (Å²) in [6.45, 7) is 9.43. The average Bonchev–Trinajstić information content (AvgIpc) is 2.48. The SMILES string of the molecule is CCCN1CCCC(Oc2ccc(C(=O)C(C)C)cc2)C1. The number of ether oxygens (including phenoxy) is 1. The molecule has 2 rings (SSSR count). The molecule has 0 N–H and O–H groups in total. The molecule has 0 bridgehead atoms. The summed E-state index contributed by atoms with van der Waals surface area (Å²) in [6, 6.07) is 7.61. The van der Waals surface area contributed by atoms with Gasteiger partial charge in [0.1, 0.15) is 11.9 Å². The Morgan fingerprint density at radius 3 is 2.67 bits per heavy atom. The van der Waals surface area contributed by atoms with Crippen LogP contribution in [0.3, 0.4) is 0 Å². The minimum absolute atomic E-state index is 0.0396. The van der Waals surface area contributed by atoms with Gasteiger partial charge in [-0.1, -0.05) is 20.8 Å². The zero-order valence-corrected chi connectivity index (χ0v) is 13.5. The van der Waals surface area contributed by atoms with Gasteiger partial charge in [0.2, 0.25) is 0 Å². The number of Topliss-reactive ketones (excluding diaryl/α,β-unsaturated/α-hetero) is 1. The third-order valence-corrected chi connectivity index (χ3v) is 3.97. The van der Waals surface area contributed by atoms with Crippen molar-refractivity contribution in [2.45, 2.75) is 46.1 Å². The third kappa shape index (κ3) is 4.57. The van der Waals surface area contributed by atoms with E-state index in [1.165, 1.54) is 19.4 Å². The molecule has 1 atom stereocenters. The molecule has 0 radical (unpaired) electrons. The lowest BCUT2D eigenvalue weighted by molar-refractivity contribution is 0.0886. The molecule has 1 fully saturated rings. The van der Waals surface area contributed by atoms with Gasteiger partial charge in [0, 0.05) is 18.0 Å². The number of likely N-dealkylation sites (tertiary alicyclic amines) is 1. The van der Waals surface area contributed by atoms with Gasteiger partial charge in [-0.2, -0.15) is 0 Å². The standard InChI is InChI=1S/C18H27NO2/c1-4-11-19-12-5-6-17(13-19)21-16-9-7-15(8-10-16)18(20)14(2)3/h7-10,14,17H,4-6,11-13H2,1-3H3. The maximum absolute atomic E-state index is 11.9. The largest absolute Gasteiger partial charge is 0.489 e. The Hall–Kier alpha value is -1.35. The van der Waals surface area contributed by atoms with Crippen LogP contribution in [0.1, 0.15) is 50.4 Å². The molecule has 0 saturated carbocycles. The summed E-state index contributed by atoms with van der Waals surface area (Å²) in [4.78, 5) is 14.4. The van der Waals surface area contributed by atoms with Gasteiger partial charge in [0.25, 0.3) is 0 Å². The highest BCUT2D eigenvalue weighted by atomic mass is 16.5. The molecule has 21 heavy (non-hydrogen) atoms. The molecule has 1 aliphatic rings. The number of carbonyl (C=O) groups excluding carboxylic acids is 1. The molecule has 0 spiro atoms. The van der Waals surface area contributed by atoms with Crippen molar-refractivity contribution in [3.63, 3.8) is 0 Å². The number of benzene rings is 1. The lowest BCUT2D eigenvalue weighted by atomic mass is 10.0. The van der Waals surface area contributed by atoms with Crippen molar-refractivity contribution in [1.29, 1.82) is 0 Å². The molecule has 1 aromatic rings. The zero-order valence-electron chi connectivity index (χ0n) is 13.5. The highest BCUT2D eigenvalue weighted by Gasteiger charge is 2.20. The summed E-state index contributed by atoms with van der Waals surface area (Å²) < 4.78 is 6.07. The Balaban J connectivity index is 1.92. The maximum Gasteiger partial charge on any atom is 0.165 e. The minimum Gasteiger partial charge on any atom is -0.489 e. The number of ketones is 1. The van der Waals surface area contributed by atoms with E-state index in [-0.39, 0.29) is 17.8 Å². The van der Waals surface area contributed by atoms with Crippen molar-refractivity contribution in [1.82, 2.24) is 4.90 Å². The van der Waals surface area contributed by atoms with Crippen LogP contribution in [0.15, 0.2) is 24.3 Å². The number of rotatable bonds is 6. The van der Waals surface area contributed by atoms with E-state index >= 15 is 0 Å². The summed E-state index contributed by atoms with van der Waals surface area (Å²) in [6.07, 6.45) is 3.79. The van der Waals surface area contributed by atoms with Crippen molar-refractivity contribution >= 4 is 5.78 Å². The van der Waals surface area contributed by atoms with E-state index in [4.69, 9.17) is 4.74 Å². The number of carbonyl (C=O) groups is 1. The highest BCUT2D eigenvalue weighted by molar-refractivity contribution is 5.97. The first-order valence-electron chi connectivity index (χ1n) is 8.13. The fourth-order valence-corrected chi connectivity index (χ4v) is 2.85. The van der Waals surface area contributed by atoms with Gasteiger partial charge in [-0.25, -0.2) is 0 Å². The van der Waals surface area contributed by atoms with Crippen molar-refractivity contribution in [3.8, 4) is 5.75 Å². The van der Waals surface area contributed by atoms with Crippen molar-refractivity contribution in [2.24, 2.45) is 5.92 Å². The Kier molecular flexibility index (Phi) is 5.80. The Labute approximate surface area is 128 Å². The molecule has 116 valence electrons. The molecule has 1 saturated heterocycles. The van der Waals surface area contributed by atoms with Crippen molar-refractivity contribution in [2.75, 3.05) is 19.6 Å². The number of hydrogen-bond donors (Lipinski definition) is 0. The summed E-state index contributed by atoms with van der Waals surface area (Å²) in [5, 5.41) is 0. The second-order valence-corrected chi connectivity index (χ2v) is 6.23. The zero-order chi connectivity index (χ0) is 15.2. The van der Waals surface area contributed by atoms with E-state index in [2.05, 4.69) is 11.8 Å². The first-order chi connectivity index (χ1) is 10.1. The first kappa shape index (κ1) is 16.0. The van der Waals surface area contributed by atoms with Crippen LogP contribution in [0.25, 0.3) is 0 Å². The van der Waals surface area contributed by atoms with E-state index < -0.39 is 0 Å². The van der Waals surface area contributed by atoms with Crippen LogP contribution < -0.4 is 4.74 Å². The number of nitrogens with zero attached hydrogens (tertiary/aromatic N) is 1. The smallest absolute Gasteiger partial charge is 0.165 e. The molecule has 1 aromatic carbocycles. The monoisotopic (exact) mass is 289 g/mol. The lowest BCUT2D eigenvalue weighted by Gasteiger charge is -2.32. The van der Waals surface area contributed by atoms with Crippen LogP contribution in [-0.2, 0) is 0 Å². The molecule has 0 aromatic heterocycles. The van der Waals surface area contributed by atoms with Gasteiger partial charge in [0.05, 0.1) is 0 Å². The lowest BCUT2D eigenvalue weighted by Crippen LogP contribution is -2.41. The normalized spacial score (nSPS) is 19.7. The predicted octanol–water partition coefficient (Wildman–Crippen LogP) is 3.78. The molecule has 3 nitrogen and oxygen atoms in total. The molecule has 1 aliphatic heterocycles. The maximum atomic E-state index is 11.9. The van der Waals surface area contributed by atoms with Crippen molar-refractivity contribution in [3.05, 3.63) is 29.8 Å². The topological polar surface area (TPSA) is 29.5 Å². The molecule has 1 heterocycles. The predicted molar refractivity (Wildman–Crippen MR) is 86.0 cm³/mol. The molecule has 0 aliphatic carbocycles. The Bertz CT molecular complexity index is 451.